The van der Waals surface area contributed by atoms with E-state index in [0.717, 1.165) is 32.0 Å². The van der Waals surface area contributed by atoms with Crippen LogP contribution in [0.15, 0.2) is 16.6 Å². The maximum absolute atomic E-state index is 4.31. The van der Waals surface area contributed by atoms with Crippen LogP contribution in [0.3, 0.4) is 0 Å². The average molecular weight is 292 g/mol. The Labute approximate surface area is 130 Å². The van der Waals surface area contributed by atoms with Gasteiger partial charge in [-0.1, -0.05) is 18.1 Å². The van der Waals surface area contributed by atoms with Crippen LogP contribution in [0.4, 0.5) is 0 Å². The summed E-state index contributed by atoms with van der Waals surface area (Å²) in [6.07, 6.45) is 13.0. The van der Waals surface area contributed by atoms with Crippen molar-refractivity contribution in [3.05, 3.63) is 11.6 Å². The predicted octanol–water partition coefficient (Wildman–Crippen LogP) is 2.53. The number of piperidine rings is 1. The first-order valence-corrected chi connectivity index (χ1v) is 8.73. The van der Waals surface area contributed by atoms with Crippen LogP contribution in [0.2, 0.25) is 0 Å². The Bertz CT molecular complexity index is 343. The molecule has 0 aromatic carbocycles. The minimum absolute atomic E-state index is 0.948. The fourth-order valence-electron chi connectivity index (χ4n) is 3.21. The van der Waals surface area contributed by atoms with Crippen molar-refractivity contribution in [1.29, 1.82) is 0 Å². The standard InChI is InChI=1S/C17H32N4/c1-18-17(19-11-10-16-8-4-2-5-9-16)20-12-15-21-13-6-3-7-14-21/h8H,2-7,9-15H2,1H3,(H2,18,19,20). The van der Waals surface area contributed by atoms with Gasteiger partial charge in [-0.3, -0.25) is 4.99 Å². The molecule has 1 fully saturated rings. The quantitative estimate of drug-likeness (QED) is 0.449. The number of allylic oxidation sites excluding steroid dienone is 1. The Morgan fingerprint density at radius 3 is 2.62 bits per heavy atom. The van der Waals surface area contributed by atoms with E-state index in [1.165, 1.54) is 58.0 Å². The van der Waals surface area contributed by atoms with Crippen molar-refractivity contribution in [3.8, 4) is 0 Å². The van der Waals surface area contributed by atoms with E-state index < -0.39 is 0 Å². The molecule has 0 atom stereocenters. The van der Waals surface area contributed by atoms with E-state index in [9.17, 15) is 0 Å². The summed E-state index contributed by atoms with van der Waals surface area (Å²) in [4.78, 5) is 6.86. The average Bonchev–Trinajstić information content (AvgIpc) is 2.55. The van der Waals surface area contributed by atoms with Crippen molar-refractivity contribution in [1.82, 2.24) is 15.5 Å². The van der Waals surface area contributed by atoms with Crippen LogP contribution < -0.4 is 10.6 Å². The summed E-state index contributed by atoms with van der Waals surface area (Å²) in [5.74, 6) is 0.948. The van der Waals surface area contributed by atoms with E-state index in [-0.39, 0.29) is 0 Å². The molecule has 4 heteroatoms. The van der Waals surface area contributed by atoms with E-state index >= 15 is 0 Å². The monoisotopic (exact) mass is 292 g/mol. The van der Waals surface area contributed by atoms with Crippen LogP contribution in [0.25, 0.3) is 0 Å². The molecule has 1 aliphatic heterocycles. The third-order valence-corrected chi connectivity index (χ3v) is 4.52. The van der Waals surface area contributed by atoms with Gasteiger partial charge in [0.1, 0.15) is 0 Å². The number of nitrogens with zero attached hydrogens (tertiary/aromatic N) is 2. The fraction of sp³-hybridized carbons (Fsp3) is 0.824. The Kier molecular flexibility index (Phi) is 7.65. The smallest absolute Gasteiger partial charge is 0.191 e. The third-order valence-electron chi connectivity index (χ3n) is 4.52. The molecule has 0 radical (unpaired) electrons. The van der Waals surface area contributed by atoms with Gasteiger partial charge in [0, 0.05) is 26.7 Å². The van der Waals surface area contributed by atoms with Gasteiger partial charge >= 0.3 is 0 Å². The zero-order valence-electron chi connectivity index (χ0n) is 13.7. The van der Waals surface area contributed by atoms with Gasteiger partial charge in [-0.15, -0.1) is 0 Å². The van der Waals surface area contributed by atoms with Crippen LogP contribution in [0.1, 0.15) is 51.4 Å². The molecular weight excluding hydrogens is 260 g/mol. The molecule has 1 saturated heterocycles. The SMILES string of the molecule is CN=C(NCCC1=CCCCC1)NCCN1CCCCC1. The molecule has 0 saturated carbocycles. The molecule has 21 heavy (non-hydrogen) atoms. The highest BCUT2D eigenvalue weighted by atomic mass is 15.2. The van der Waals surface area contributed by atoms with Gasteiger partial charge in [0.25, 0.3) is 0 Å². The summed E-state index contributed by atoms with van der Waals surface area (Å²) in [5, 5.41) is 6.87. The zero-order chi connectivity index (χ0) is 14.8. The van der Waals surface area contributed by atoms with Gasteiger partial charge < -0.3 is 15.5 Å². The highest BCUT2D eigenvalue weighted by Crippen LogP contribution is 2.19. The second kappa shape index (κ2) is 9.82. The van der Waals surface area contributed by atoms with Gasteiger partial charge in [-0.05, 0) is 58.0 Å². The van der Waals surface area contributed by atoms with Crippen LogP contribution in [0, 0.1) is 0 Å². The summed E-state index contributed by atoms with van der Waals surface area (Å²) >= 11 is 0. The van der Waals surface area contributed by atoms with Crippen molar-refractivity contribution < 1.29 is 0 Å². The first-order valence-electron chi connectivity index (χ1n) is 8.73. The number of aliphatic imine (C=N–C) groups is 1. The van der Waals surface area contributed by atoms with Crippen molar-refractivity contribution in [2.45, 2.75) is 51.4 Å². The van der Waals surface area contributed by atoms with Crippen LogP contribution >= 0.6 is 0 Å². The Hall–Kier alpha value is -1.03. The highest BCUT2D eigenvalue weighted by Gasteiger charge is 2.09. The topological polar surface area (TPSA) is 39.7 Å². The van der Waals surface area contributed by atoms with Gasteiger partial charge in [0.15, 0.2) is 5.96 Å². The number of rotatable bonds is 6. The molecule has 2 aliphatic rings. The van der Waals surface area contributed by atoms with Gasteiger partial charge in [0.05, 0.1) is 0 Å². The highest BCUT2D eigenvalue weighted by molar-refractivity contribution is 5.79. The minimum atomic E-state index is 0.948. The number of hydrogen-bond donors (Lipinski definition) is 2. The third kappa shape index (κ3) is 6.51. The molecule has 0 bridgehead atoms. The lowest BCUT2D eigenvalue weighted by molar-refractivity contribution is 0.232. The first-order chi connectivity index (χ1) is 10.4. The molecule has 2 N–H and O–H groups in total. The predicted molar refractivity (Wildman–Crippen MR) is 90.8 cm³/mol. The largest absolute Gasteiger partial charge is 0.356 e. The fourth-order valence-corrected chi connectivity index (χ4v) is 3.21. The van der Waals surface area contributed by atoms with Crippen molar-refractivity contribution in [2.75, 3.05) is 39.8 Å². The lowest BCUT2D eigenvalue weighted by Gasteiger charge is -2.26. The molecule has 4 nitrogen and oxygen atoms in total. The van der Waals surface area contributed by atoms with E-state index in [2.05, 4.69) is 26.6 Å². The van der Waals surface area contributed by atoms with E-state index in [4.69, 9.17) is 0 Å². The molecule has 1 aliphatic carbocycles. The number of hydrogen-bond acceptors (Lipinski definition) is 2. The van der Waals surface area contributed by atoms with Crippen LogP contribution in [-0.2, 0) is 0 Å². The molecule has 0 aromatic rings. The van der Waals surface area contributed by atoms with E-state index in [1.807, 2.05) is 7.05 Å². The Morgan fingerprint density at radius 2 is 1.90 bits per heavy atom. The molecule has 2 rings (SSSR count). The maximum Gasteiger partial charge on any atom is 0.191 e. The second-order valence-electron chi connectivity index (χ2n) is 6.19. The van der Waals surface area contributed by atoms with Crippen molar-refractivity contribution >= 4 is 5.96 Å². The van der Waals surface area contributed by atoms with Crippen LogP contribution in [0.5, 0.6) is 0 Å². The lowest BCUT2D eigenvalue weighted by atomic mass is 9.97. The van der Waals surface area contributed by atoms with Crippen molar-refractivity contribution in [2.24, 2.45) is 4.99 Å². The molecule has 0 unspecified atom stereocenters. The summed E-state index contributed by atoms with van der Waals surface area (Å²) in [6.45, 7) is 5.65. The summed E-state index contributed by atoms with van der Waals surface area (Å²) in [7, 11) is 1.86. The second-order valence-corrected chi connectivity index (χ2v) is 6.19. The van der Waals surface area contributed by atoms with Crippen LogP contribution in [-0.4, -0.2) is 50.6 Å². The lowest BCUT2D eigenvalue weighted by Crippen LogP contribution is -2.42. The van der Waals surface area contributed by atoms with E-state index in [0.29, 0.717) is 0 Å². The minimum Gasteiger partial charge on any atom is -0.356 e. The molecule has 0 spiro atoms. The summed E-state index contributed by atoms with van der Waals surface area (Å²) < 4.78 is 0. The molecule has 0 amide bonds. The zero-order valence-corrected chi connectivity index (χ0v) is 13.7. The molecule has 0 aromatic heterocycles. The summed E-state index contributed by atoms with van der Waals surface area (Å²) in [6, 6.07) is 0. The number of guanidine groups is 1. The molecule has 1 heterocycles. The van der Waals surface area contributed by atoms with Gasteiger partial charge in [-0.2, -0.15) is 0 Å². The normalized spacial score (nSPS) is 21.0. The first kappa shape index (κ1) is 16.3. The Balaban J connectivity index is 1.56. The van der Waals surface area contributed by atoms with Gasteiger partial charge in [0.2, 0.25) is 0 Å². The maximum atomic E-state index is 4.31. The molecule has 120 valence electrons. The summed E-state index contributed by atoms with van der Waals surface area (Å²) in [5.41, 5.74) is 1.62. The van der Waals surface area contributed by atoms with E-state index in [1.54, 1.807) is 5.57 Å². The van der Waals surface area contributed by atoms with Gasteiger partial charge in [-0.25, -0.2) is 0 Å². The molecular formula is C17H32N4. The van der Waals surface area contributed by atoms with Crippen molar-refractivity contribution in [3.63, 3.8) is 0 Å². The number of nitrogens with one attached hydrogen (secondary N) is 2. The Morgan fingerprint density at radius 1 is 1.10 bits per heavy atom. The number of likely N-dealkylation sites (tertiary alicyclic amines) is 1.